The third-order valence-electron chi connectivity index (χ3n) is 6.78. The molecule has 28 heavy (non-hydrogen) atoms. The summed E-state index contributed by atoms with van der Waals surface area (Å²) < 4.78 is 7.80. The second kappa shape index (κ2) is 7.03. The largest absolute Gasteiger partial charge is 0.384 e. The number of methoxy groups -OCH3 is 1. The highest BCUT2D eigenvalue weighted by Gasteiger charge is 2.54. The van der Waals surface area contributed by atoms with Crippen molar-refractivity contribution in [2.24, 2.45) is 11.3 Å². The molecule has 5 heteroatoms. The number of hydrogen-bond acceptors (Lipinski definition) is 3. The van der Waals surface area contributed by atoms with Crippen molar-refractivity contribution < 1.29 is 9.53 Å². The molecule has 0 N–H and O–H groups in total. The maximum absolute atomic E-state index is 13.4. The van der Waals surface area contributed by atoms with Crippen LogP contribution in [0, 0.1) is 11.3 Å². The monoisotopic (exact) mass is 379 g/mol. The molecule has 1 aromatic carbocycles. The molecular formula is C23H29N3O2. The standard InChI is InChI=1S/C23H29N3O2/c1-28-16-23(18-11-12-18)14-25(15-23)22(27)20-19-10-6-3-7-13-26(19)21(24-20)17-8-4-2-5-9-17/h2,4-5,8-9,18H,3,6-7,10-16H2,1H3. The molecule has 2 aliphatic heterocycles. The summed E-state index contributed by atoms with van der Waals surface area (Å²) in [6, 6.07) is 10.3. The molecule has 1 saturated heterocycles. The fourth-order valence-corrected chi connectivity index (χ4v) is 5.16. The number of benzene rings is 1. The Morgan fingerprint density at radius 3 is 2.68 bits per heavy atom. The van der Waals surface area contributed by atoms with E-state index in [2.05, 4.69) is 16.7 Å². The van der Waals surface area contributed by atoms with Crippen LogP contribution in [0.1, 0.15) is 48.3 Å². The third-order valence-corrected chi connectivity index (χ3v) is 6.78. The highest BCUT2D eigenvalue weighted by Crippen LogP contribution is 2.51. The van der Waals surface area contributed by atoms with Gasteiger partial charge >= 0.3 is 0 Å². The van der Waals surface area contributed by atoms with E-state index in [1.165, 1.54) is 19.3 Å². The van der Waals surface area contributed by atoms with E-state index in [1.54, 1.807) is 7.11 Å². The smallest absolute Gasteiger partial charge is 0.274 e. The number of rotatable bonds is 5. The van der Waals surface area contributed by atoms with Crippen LogP contribution in [-0.2, 0) is 17.7 Å². The molecule has 0 unspecified atom stereocenters. The summed E-state index contributed by atoms with van der Waals surface area (Å²) in [5.41, 5.74) is 3.10. The van der Waals surface area contributed by atoms with Crippen molar-refractivity contribution in [2.75, 3.05) is 26.8 Å². The average Bonchev–Trinajstić information content (AvgIpc) is 3.50. The number of aromatic nitrogens is 2. The van der Waals surface area contributed by atoms with Gasteiger partial charge in [0.25, 0.3) is 5.91 Å². The predicted octanol–water partition coefficient (Wildman–Crippen LogP) is 3.78. The van der Waals surface area contributed by atoms with Gasteiger partial charge in [-0.25, -0.2) is 4.98 Å². The number of imidazole rings is 1. The number of carbonyl (C=O) groups is 1. The summed E-state index contributed by atoms with van der Waals surface area (Å²) in [5, 5.41) is 0. The van der Waals surface area contributed by atoms with Crippen LogP contribution in [0.5, 0.6) is 0 Å². The molecule has 1 aromatic heterocycles. The molecule has 3 heterocycles. The molecule has 1 saturated carbocycles. The van der Waals surface area contributed by atoms with Crippen LogP contribution < -0.4 is 0 Å². The highest BCUT2D eigenvalue weighted by atomic mass is 16.5. The van der Waals surface area contributed by atoms with Gasteiger partial charge in [0.05, 0.1) is 12.3 Å². The van der Waals surface area contributed by atoms with Crippen molar-refractivity contribution in [3.05, 3.63) is 41.7 Å². The SMILES string of the molecule is COCC1(C2CC2)CN(C(=O)c2nc(-c3ccccc3)n3c2CCCCC3)C1. The summed E-state index contributed by atoms with van der Waals surface area (Å²) in [6.07, 6.45) is 7.01. The van der Waals surface area contributed by atoms with Gasteiger partial charge in [0.1, 0.15) is 11.5 Å². The van der Waals surface area contributed by atoms with Gasteiger partial charge in [-0.05, 0) is 38.0 Å². The van der Waals surface area contributed by atoms with Gasteiger partial charge < -0.3 is 14.2 Å². The molecule has 148 valence electrons. The molecule has 5 nitrogen and oxygen atoms in total. The fraction of sp³-hybridized carbons (Fsp3) is 0.565. The minimum absolute atomic E-state index is 0.111. The zero-order valence-electron chi connectivity index (χ0n) is 16.7. The summed E-state index contributed by atoms with van der Waals surface area (Å²) in [6.45, 7) is 3.35. The van der Waals surface area contributed by atoms with Crippen molar-refractivity contribution >= 4 is 5.91 Å². The van der Waals surface area contributed by atoms with Gasteiger partial charge in [-0.1, -0.05) is 36.8 Å². The number of ether oxygens (including phenoxy) is 1. The Morgan fingerprint density at radius 1 is 1.18 bits per heavy atom. The number of nitrogens with zero attached hydrogens (tertiary/aromatic N) is 3. The van der Waals surface area contributed by atoms with Crippen LogP contribution in [-0.4, -0.2) is 47.2 Å². The van der Waals surface area contributed by atoms with E-state index in [9.17, 15) is 4.79 Å². The number of likely N-dealkylation sites (tertiary alicyclic amines) is 1. The normalized spacial score (nSPS) is 21.0. The minimum Gasteiger partial charge on any atom is -0.384 e. The topological polar surface area (TPSA) is 47.4 Å². The third kappa shape index (κ3) is 2.96. The van der Waals surface area contributed by atoms with E-state index in [0.717, 1.165) is 68.5 Å². The Kier molecular flexibility index (Phi) is 4.50. The maximum atomic E-state index is 13.4. The van der Waals surface area contributed by atoms with E-state index < -0.39 is 0 Å². The van der Waals surface area contributed by atoms with Crippen LogP contribution in [0.4, 0.5) is 0 Å². The molecule has 2 aromatic rings. The molecule has 3 aliphatic rings. The number of amides is 1. The predicted molar refractivity (Wildman–Crippen MR) is 108 cm³/mol. The quantitative estimate of drug-likeness (QED) is 0.794. The lowest BCUT2D eigenvalue weighted by atomic mass is 9.75. The Labute approximate surface area is 166 Å². The molecule has 5 rings (SSSR count). The minimum atomic E-state index is 0.111. The van der Waals surface area contributed by atoms with E-state index in [-0.39, 0.29) is 11.3 Å². The highest BCUT2D eigenvalue weighted by molar-refractivity contribution is 5.95. The molecule has 0 spiro atoms. The molecule has 2 fully saturated rings. The van der Waals surface area contributed by atoms with Crippen LogP contribution in [0.2, 0.25) is 0 Å². The lowest BCUT2D eigenvalue weighted by Gasteiger charge is -2.50. The van der Waals surface area contributed by atoms with Crippen molar-refractivity contribution in [2.45, 2.75) is 45.1 Å². The van der Waals surface area contributed by atoms with Crippen molar-refractivity contribution in [1.82, 2.24) is 14.5 Å². The summed E-state index contributed by atoms with van der Waals surface area (Å²) in [7, 11) is 1.77. The first-order valence-electron chi connectivity index (χ1n) is 10.6. The van der Waals surface area contributed by atoms with Gasteiger partial charge in [-0.3, -0.25) is 4.79 Å². The number of carbonyl (C=O) groups excluding carboxylic acids is 1. The second-order valence-electron chi connectivity index (χ2n) is 8.79. The van der Waals surface area contributed by atoms with Crippen molar-refractivity contribution in [3.8, 4) is 11.4 Å². The molecule has 1 aliphatic carbocycles. The van der Waals surface area contributed by atoms with Crippen LogP contribution >= 0.6 is 0 Å². The Hall–Kier alpha value is -2.14. The second-order valence-corrected chi connectivity index (χ2v) is 8.79. The first-order chi connectivity index (χ1) is 13.7. The zero-order valence-corrected chi connectivity index (χ0v) is 16.7. The van der Waals surface area contributed by atoms with E-state index in [0.29, 0.717) is 5.69 Å². The van der Waals surface area contributed by atoms with Gasteiger partial charge in [-0.15, -0.1) is 0 Å². The number of hydrogen-bond donors (Lipinski definition) is 0. The average molecular weight is 380 g/mol. The lowest BCUT2D eigenvalue weighted by molar-refractivity contribution is -0.0539. The van der Waals surface area contributed by atoms with Gasteiger partial charge in [-0.2, -0.15) is 0 Å². The summed E-state index contributed by atoms with van der Waals surface area (Å²) in [5.74, 6) is 1.79. The Balaban J connectivity index is 1.45. The maximum Gasteiger partial charge on any atom is 0.274 e. The van der Waals surface area contributed by atoms with Gasteiger partial charge in [0, 0.05) is 37.7 Å². The Morgan fingerprint density at radius 2 is 1.96 bits per heavy atom. The molecule has 1 amide bonds. The van der Waals surface area contributed by atoms with Crippen LogP contribution in [0.25, 0.3) is 11.4 Å². The van der Waals surface area contributed by atoms with Gasteiger partial charge in [0.15, 0.2) is 0 Å². The van der Waals surface area contributed by atoms with Crippen LogP contribution in [0.15, 0.2) is 30.3 Å². The first-order valence-corrected chi connectivity index (χ1v) is 10.6. The summed E-state index contributed by atoms with van der Waals surface area (Å²) in [4.78, 5) is 20.3. The van der Waals surface area contributed by atoms with E-state index in [4.69, 9.17) is 9.72 Å². The fourth-order valence-electron chi connectivity index (χ4n) is 5.16. The van der Waals surface area contributed by atoms with Gasteiger partial charge in [0.2, 0.25) is 0 Å². The van der Waals surface area contributed by atoms with E-state index >= 15 is 0 Å². The molecule has 0 radical (unpaired) electrons. The Bertz CT molecular complexity index is 863. The molecule has 0 atom stereocenters. The molecule has 0 bridgehead atoms. The zero-order chi connectivity index (χ0) is 19.1. The van der Waals surface area contributed by atoms with Crippen molar-refractivity contribution in [3.63, 3.8) is 0 Å². The van der Waals surface area contributed by atoms with Crippen LogP contribution in [0.3, 0.4) is 0 Å². The number of fused-ring (bicyclic) bond motifs is 1. The molecular weight excluding hydrogens is 350 g/mol. The summed E-state index contributed by atoms with van der Waals surface area (Å²) >= 11 is 0. The van der Waals surface area contributed by atoms with E-state index in [1.807, 2.05) is 23.1 Å². The lowest BCUT2D eigenvalue weighted by Crippen LogP contribution is -2.61. The first kappa shape index (κ1) is 17.9. The van der Waals surface area contributed by atoms with Crippen molar-refractivity contribution in [1.29, 1.82) is 0 Å².